The zero-order valence-electron chi connectivity index (χ0n) is 27.0. The number of isocyanates is 2. The maximum absolute atomic E-state index is 12.1. The van der Waals surface area contributed by atoms with Gasteiger partial charge < -0.3 is 29.6 Å². The summed E-state index contributed by atoms with van der Waals surface area (Å²) >= 11 is 0. The molecule has 0 fully saturated rings. The van der Waals surface area contributed by atoms with Crippen molar-refractivity contribution in [1.29, 1.82) is 0 Å². The summed E-state index contributed by atoms with van der Waals surface area (Å²) in [6.07, 6.45) is 8.16. The molecule has 0 aromatic carbocycles. The molecular weight excluding hydrogens is 576 g/mol. The van der Waals surface area contributed by atoms with Crippen LogP contribution in [0.1, 0.15) is 86.0 Å². The first-order chi connectivity index (χ1) is 21.2. The number of hydrogen-bond acceptors (Lipinski definition) is 14. The molecule has 0 aliphatic carbocycles. The third-order valence-electron chi connectivity index (χ3n) is 5.89. The molecule has 14 nitrogen and oxygen atoms in total. The van der Waals surface area contributed by atoms with Gasteiger partial charge in [0.1, 0.15) is 12.1 Å². The van der Waals surface area contributed by atoms with Gasteiger partial charge in [-0.3, -0.25) is 19.2 Å². The Morgan fingerprint density at radius 1 is 0.636 bits per heavy atom. The predicted molar refractivity (Wildman–Crippen MR) is 162 cm³/mol. The quantitative estimate of drug-likeness (QED) is 0.0495. The van der Waals surface area contributed by atoms with E-state index in [-0.39, 0.29) is 45.2 Å². The Kier molecular flexibility index (Phi) is 30.1. The minimum Gasteiger partial charge on any atom is -0.466 e. The molecule has 252 valence electrons. The number of nitrogens with one attached hydrogen (secondary N) is 2. The van der Waals surface area contributed by atoms with Crippen LogP contribution in [0.2, 0.25) is 0 Å². The Balaban J connectivity index is 0. The van der Waals surface area contributed by atoms with Gasteiger partial charge in [0.2, 0.25) is 12.2 Å². The van der Waals surface area contributed by atoms with Crippen LogP contribution in [-0.4, -0.2) is 101 Å². The summed E-state index contributed by atoms with van der Waals surface area (Å²) in [7, 11) is 0. The van der Waals surface area contributed by atoms with E-state index in [0.29, 0.717) is 26.2 Å². The number of ether oxygens (including phenoxy) is 4. The summed E-state index contributed by atoms with van der Waals surface area (Å²) in [5.41, 5.74) is 0. The van der Waals surface area contributed by atoms with E-state index in [1.165, 1.54) is 12.2 Å². The number of rotatable bonds is 25. The monoisotopic (exact) mass is 628 g/mol. The molecule has 44 heavy (non-hydrogen) atoms. The Labute approximate surface area is 261 Å². The van der Waals surface area contributed by atoms with E-state index in [0.717, 1.165) is 38.5 Å². The fourth-order valence-corrected chi connectivity index (χ4v) is 3.74. The number of carbonyl (C=O) groups is 4. The van der Waals surface area contributed by atoms with Gasteiger partial charge in [-0.15, -0.1) is 0 Å². The molecule has 0 radical (unpaired) electrons. The normalized spacial score (nSPS) is 12.1. The van der Waals surface area contributed by atoms with Gasteiger partial charge in [-0.2, -0.15) is 0 Å². The molecule has 0 aromatic rings. The van der Waals surface area contributed by atoms with Crippen molar-refractivity contribution in [2.75, 3.05) is 52.6 Å². The number of aliphatic imine (C=N–C) groups is 2. The van der Waals surface area contributed by atoms with Crippen molar-refractivity contribution in [3.63, 3.8) is 0 Å². The highest BCUT2D eigenvalue weighted by Gasteiger charge is 2.25. The molecule has 0 aliphatic rings. The highest BCUT2D eigenvalue weighted by Crippen LogP contribution is 2.07. The first kappa shape index (κ1) is 42.7. The van der Waals surface area contributed by atoms with E-state index < -0.39 is 36.0 Å². The minimum absolute atomic E-state index is 0.0845. The van der Waals surface area contributed by atoms with Gasteiger partial charge in [0, 0.05) is 0 Å². The maximum atomic E-state index is 12.1. The van der Waals surface area contributed by atoms with Crippen molar-refractivity contribution in [1.82, 2.24) is 10.6 Å². The molecule has 0 saturated heterocycles. The zero-order valence-corrected chi connectivity index (χ0v) is 27.0. The van der Waals surface area contributed by atoms with Crippen molar-refractivity contribution in [3.05, 3.63) is 0 Å². The molecule has 0 spiro atoms. The second-order valence-corrected chi connectivity index (χ2v) is 9.60. The first-order valence-corrected chi connectivity index (χ1v) is 15.4. The van der Waals surface area contributed by atoms with Crippen molar-refractivity contribution in [2.45, 2.75) is 98.1 Å². The van der Waals surface area contributed by atoms with Crippen LogP contribution >= 0.6 is 0 Å². The van der Waals surface area contributed by atoms with E-state index in [2.05, 4.69) is 20.6 Å². The molecule has 0 aliphatic heterocycles. The summed E-state index contributed by atoms with van der Waals surface area (Å²) in [6.45, 7) is 11.9. The molecular formula is C30H52N4O10. The Hall–Kier alpha value is -3.44. The lowest BCUT2D eigenvalue weighted by Gasteiger charge is -2.20. The van der Waals surface area contributed by atoms with Crippen LogP contribution in [0.15, 0.2) is 9.98 Å². The van der Waals surface area contributed by atoms with Gasteiger partial charge in [0.25, 0.3) is 0 Å². The molecule has 0 aromatic heterocycles. The number of carbonyl (C=O) groups excluding carboxylic acids is 6. The topological polar surface area (TPSA) is 188 Å². The second kappa shape index (κ2) is 31.0. The van der Waals surface area contributed by atoms with E-state index in [1.54, 1.807) is 27.7 Å². The fourth-order valence-electron chi connectivity index (χ4n) is 3.74. The molecule has 2 N–H and O–H groups in total. The standard InChI is InChI=1S/C22H40N2O8.C8H12N2O2/c1-6-29-19(25)13-17(21(27)31-8-3)23-12-10-11-16(5)15-24-18(22(28)32-9-4)14-20(26)30-7-2;11-7-9-5-3-1-2-4-6-10-8-12/h16-18,23-24H,6-15H2,1-5H3;1-6H2. The predicted octanol–water partition coefficient (Wildman–Crippen LogP) is 2.57. The summed E-state index contributed by atoms with van der Waals surface area (Å²) in [4.78, 5) is 73.7. The minimum atomic E-state index is -0.757. The lowest BCUT2D eigenvalue weighted by atomic mass is 10.0. The van der Waals surface area contributed by atoms with Gasteiger partial charge in [0.15, 0.2) is 0 Å². The SMILES string of the molecule is CCOC(=O)CC(NCCCC(C)CNC(CC(=O)OCC)C(=O)OCC)C(=O)OCC.O=C=NCCCCCCN=C=O. The van der Waals surface area contributed by atoms with Crippen LogP contribution in [0.3, 0.4) is 0 Å². The van der Waals surface area contributed by atoms with Gasteiger partial charge in [-0.25, -0.2) is 19.6 Å². The molecule has 0 saturated carbocycles. The van der Waals surface area contributed by atoms with Gasteiger partial charge >= 0.3 is 23.9 Å². The van der Waals surface area contributed by atoms with Gasteiger partial charge in [-0.05, 0) is 72.4 Å². The average molecular weight is 629 g/mol. The number of nitrogens with zero attached hydrogens (tertiary/aromatic N) is 2. The molecule has 14 heteroatoms. The van der Waals surface area contributed by atoms with E-state index >= 15 is 0 Å². The molecule has 0 amide bonds. The highest BCUT2D eigenvalue weighted by atomic mass is 16.5. The number of hydrogen-bond donors (Lipinski definition) is 2. The third kappa shape index (κ3) is 26.2. The molecule has 0 rings (SSSR count). The average Bonchev–Trinajstić information content (AvgIpc) is 2.99. The van der Waals surface area contributed by atoms with E-state index in [4.69, 9.17) is 18.9 Å². The number of esters is 4. The number of unbranched alkanes of at least 4 members (excludes halogenated alkanes) is 3. The summed E-state index contributed by atoms with van der Waals surface area (Å²) in [5, 5.41) is 6.15. The molecule has 3 unspecified atom stereocenters. The zero-order chi connectivity index (χ0) is 33.4. The third-order valence-corrected chi connectivity index (χ3v) is 5.89. The van der Waals surface area contributed by atoms with E-state index in [9.17, 15) is 28.8 Å². The smallest absolute Gasteiger partial charge is 0.323 e. The van der Waals surface area contributed by atoms with Crippen LogP contribution in [0.25, 0.3) is 0 Å². The second-order valence-electron chi connectivity index (χ2n) is 9.60. The first-order valence-electron chi connectivity index (χ1n) is 15.4. The van der Waals surface area contributed by atoms with Crippen LogP contribution in [0, 0.1) is 5.92 Å². The van der Waals surface area contributed by atoms with Gasteiger partial charge in [0.05, 0.1) is 52.4 Å². The van der Waals surface area contributed by atoms with Gasteiger partial charge in [-0.1, -0.05) is 19.8 Å². The Morgan fingerprint density at radius 3 is 1.48 bits per heavy atom. The van der Waals surface area contributed by atoms with Crippen LogP contribution < -0.4 is 10.6 Å². The molecule has 3 atom stereocenters. The van der Waals surface area contributed by atoms with Crippen LogP contribution in [0.4, 0.5) is 0 Å². The van der Waals surface area contributed by atoms with Crippen molar-refractivity contribution >= 4 is 36.0 Å². The largest absolute Gasteiger partial charge is 0.466 e. The Morgan fingerprint density at radius 2 is 1.07 bits per heavy atom. The summed E-state index contributed by atoms with van der Waals surface area (Å²) in [6, 6.07) is -1.51. The molecule has 0 heterocycles. The van der Waals surface area contributed by atoms with Crippen molar-refractivity contribution in [2.24, 2.45) is 15.9 Å². The van der Waals surface area contributed by atoms with Crippen LogP contribution in [0.5, 0.6) is 0 Å². The molecule has 0 bridgehead atoms. The lowest BCUT2D eigenvalue weighted by molar-refractivity contribution is -0.152. The highest BCUT2D eigenvalue weighted by molar-refractivity contribution is 5.83. The van der Waals surface area contributed by atoms with Crippen molar-refractivity contribution < 1.29 is 47.7 Å². The fraction of sp³-hybridized carbons (Fsp3) is 0.800. The van der Waals surface area contributed by atoms with Crippen molar-refractivity contribution in [3.8, 4) is 0 Å². The Bertz CT molecular complexity index is 867. The van der Waals surface area contributed by atoms with E-state index in [1.807, 2.05) is 6.92 Å². The maximum Gasteiger partial charge on any atom is 0.323 e. The summed E-state index contributed by atoms with van der Waals surface area (Å²) in [5.74, 6) is -1.68. The van der Waals surface area contributed by atoms with Crippen LogP contribution in [-0.2, 0) is 47.7 Å². The summed E-state index contributed by atoms with van der Waals surface area (Å²) < 4.78 is 19.9. The lowest BCUT2D eigenvalue weighted by Crippen LogP contribution is -2.42.